The molecule has 5 aliphatic heterocycles. The third-order valence-electron chi connectivity index (χ3n) is 12.4. The number of likely N-dealkylation sites (tertiary alicyclic amines) is 2. The highest BCUT2D eigenvalue weighted by Gasteiger charge is 2.59. The number of aromatic hydroxyl groups is 2. The van der Waals surface area contributed by atoms with Crippen LogP contribution >= 0.6 is 0 Å². The van der Waals surface area contributed by atoms with Crippen LogP contribution in [0.5, 0.6) is 17.2 Å². The number of hydrogen-bond donors (Lipinski definition) is 3. The Balaban J connectivity index is 1.08. The molecule has 16 nitrogen and oxygen atoms in total. The Kier molecular flexibility index (Phi) is 8.18. The Morgan fingerprint density at radius 1 is 0.963 bits per heavy atom. The van der Waals surface area contributed by atoms with Gasteiger partial charge in [-0.1, -0.05) is 12.1 Å². The van der Waals surface area contributed by atoms with E-state index in [1.165, 1.54) is 31.1 Å². The lowest BCUT2D eigenvalue weighted by molar-refractivity contribution is -0.256. The number of carbonyl (C=O) groups excluding carboxylic acids is 4. The van der Waals surface area contributed by atoms with Gasteiger partial charge in [0.1, 0.15) is 29.0 Å². The molecule has 3 N–H and O–H groups in total. The van der Waals surface area contributed by atoms with Crippen LogP contribution in [-0.2, 0) is 39.7 Å². The smallest absolute Gasteiger partial charge is 0.255 e. The number of ketones is 2. The van der Waals surface area contributed by atoms with Gasteiger partial charge in [-0.25, -0.2) is 0 Å². The van der Waals surface area contributed by atoms with Crippen molar-refractivity contribution in [3.63, 3.8) is 0 Å². The highest BCUT2D eigenvalue weighted by Crippen LogP contribution is 2.54. The molecule has 5 fully saturated rings. The fourth-order valence-electron chi connectivity index (χ4n) is 9.88. The van der Waals surface area contributed by atoms with E-state index >= 15 is 0 Å². The molecular weight excluding hydrogens is 706 g/mol. The van der Waals surface area contributed by atoms with Gasteiger partial charge in [-0.2, -0.15) is 0 Å². The largest absolute Gasteiger partial charge is 0.507 e. The van der Waals surface area contributed by atoms with E-state index in [2.05, 4.69) is 4.90 Å². The van der Waals surface area contributed by atoms with Crippen molar-refractivity contribution in [2.75, 3.05) is 53.6 Å². The highest BCUT2D eigenvalue weighted by molar-refractivity contribution is 6.31. The summed E-state index contributed by atoms with van der Waals surface area (Å²) in [6.45, 7) is 6.05. The van der Waals surface area contributed by atoms with Gasteiger partial charge in [0, 0.05) is 94.2 Å². The third-order valence-corrected chi connectivity index (χ3v) is 12.4. The zero-order chi connectivity index (χ0) is 38.0. The number of carbonyl (C=O) groups is 4. The number of methoxy groups -OCH3 is 2. The van der Waals surface area contributed by atoms with Gasteiger partial charge in [0.15, 0.2) is 24.6 Å². The third kappa shape index (κ3) is 5.07. The van der Waals surface area contributed by atoms with Crippen LogP contribution in [0.1, 0.15) is 75.8 Å². The van der Waals surface area contributed by atoms with Gasteiger partial charge in [-0.05, 0) is 13.0 Å². The molecular formula is C38H43N3O13. The first-order chi connectivity index (χ1) is 25.8. The molecule has 2 aliphatic carbocycles. The molecule has 2 amide bonds. The molecule has 7 aliphatic rings. The van der Waals surface area contributed by atoms with Gasteiger partial charge in [-0.3, -0.25) is 24.1 Å². The Morgan fingerprint density at radius 3 is 2.39 bits per heavy atom. The standard InChI is InChI=1S/C38H43N3O13/c1-17-33-21(41-8-9-51-35(50-4)34(41)54-33)10-24(52-17)53-23-12-38(48,36(47)40-15-37(16-40)13-39(14-37)18(2)42)11-20-26(23)32(46)28-27(30(20)44)29(43)19-6-5-7-22(49-3)25(19)31(28)45/h5-7,17,21,23-24,33-35,44,46,48H,8-16H2,1-4H3/t17-,21-,23-,24-,33+,34+,35-,38-/m0/s1. The van der Waals surface area contributed by atoms with Crippen LogP contribution in [-0.4, -0.2) is 150 Å². The maximum absolute atomic E-state index is 14.2. The number of morpholine rings is 1. The second kappa shape index (κ2) is 12.4. The van der Waals surface area contributed by atoms with Crippen molar-refractivity contribution in [3.8, 4) is 17.2 Å². The minimum atomic E-state index is -2.13. The quantitative estimate of drug-likeness (QED) is 0.311. The SMILES string of the molecule is COc1cccc2c1C(=O)c1c(O)c3c(c(O)c1C2=O)C[C@@](O)(C(=O)N1CC2(CN(C(C)=O)C2)C1)C[C@@H]3O[C@H]1C[C@H]2[C@H](O[C@@H]3[C@@H](OC)OCCN32)[C@H](C)O1. The van der Waals surface area contributed by atoms with Crippen molar-refractivity contribution in [2.45, 2.75) is 81.9 Å². The van der Waals surface area contributed by atoms with Crippen LogP contribution in [0.15, 0.2) is 18.2 Å². The van der Waals surface area contributed by atoms with Crippen LogP contribution in [0.3, 0.4) is 0 Å². The summed E-state index contributed by atoms with van der Waals surface area (Å²) < 4.78 is 36.0. The van der Waals surface area contributed by atoms with Crippen molar-refractivity contribution in [3.05, 3.63) is 51.6 Å². The van der Waals surface area contributed by atoms with Crippen LogP contribution in [0.25, 0.3) is 0 Å². The zero-order valence-electron chi connectivity index (χ0n) is 30.4. The number of aliphatic hydroxyl groups is 1. The number of fused-ring (bicyclic) bond motifs is 6. The summed E-state index contributed by atoms with van der Waals surface area (Å²) in [7, 11) is 2.91. The molecule has 2 aromatic carbocycles. The number of benzene rings is 2. The summed E-state index contributed by atoms with van der Waals surface area (Å²) in [5, 5.41) is 36.3. The van der Waals surface area contributed by atoms with Gasteiger partial charge in [-0.15, -0.1) is 0 Å². The van der Waals surface area contributed by atoms with E-state index in [1.807, 2.05) is 6.92 Å². The van der Waals surface area contributed by atoms with Crippen molar-refractivity contribution < 1.29 is 62.9 Å². The normalized spacial score (nSPS) is 33.5. The number of phenolic OH excluding ortho intramolecular Hbond substituents is 2. The van der Waals surface area contributed by atoms with Crippen molar-refractivity contribution in [1.29, 1.82) is 0 Å². The van der Waals surface area contributed by atoms with E-state index in [0.717, 1.165) is 0 Å². The first-order valence-electron chi connectivity index (χ1n) is 18.3. The molecule has 0 radical (unpaired) electrons. The van der Waals surface area contributed by atoms with E-state index in [0.29, 0.717) is 45.8 Å². The number of hydrogen-bond acceptors (Lipinski definition) is 14. The molecule has 288 valence electrons. The molecule has 2 aromatic rings. The first-order valence-corrected chi connectivity index (χ1v) is 18.3. The monoisotopic (exact) mass is 749 g/mol. The molecule has 0 bridgehead atoms. The molecule has 0 saturated carbocycles. The Labute approximate surface area is 310 Å². The molecule has 1 spiro atoms. The number of rotatable bonds is 5. The van der Waals surface area contributed by atoms with Gasteiger partial charge >= 0.3 is 0 Å². The van der Waals surface area contributed by atoms with Gasteiger partial charge in [0.2, 0.25) is 11.7 Å². The molecule has 0 unspecified atom stereocenters. The fraction of sp³-hybridized carbons (Fsp3) is 0.579. The van der Waals surface area contributed by atoms with Gasteiger partial charge in [0.25, 0.3) is 5.91 Å². The molecule has 54 heavy (non-hydrogen) atoms. The van der Waals surface area contributed by atoms with E-state index in [-0.39, 0.29) is 57.9 Å². The Hall–Kier alpha value is -4.16. The van der Waals surface area contributed by atoms with Gasteiger partial charge in [0.05, 0.1) is 42.6 Å². The summed E-state index contributed by atoms with van der Waals surface area (Å²) in [6.07, 6.45) is -4.56. The predicted molar refractivity (Wildman–Crippen MR) is 183 cm³/mol. The average molecular weight is 750 g/mol. The maximum Gasteiger partial charge on any atom is 0.255 e. The molecule has 0 aromatic heterocycles. The molecule has 5 saturated heterocycles. The predicted octanol–water partition coefficient (Wildman–Crippen LogP) is 0.841. The summed E-state index contributed by atoms with van der Waals surface area (Å²) in [5.41, 5.74) is -3.36. The Bertz CT molecular complexity index is 1970. The van der Waals surface area contributed by atoms with Crippen molar-refractivity contribution >= 4 is 23.4 Å². The lowest BCUT2D eigenvalue weighted by atomic mass is 9.69. The van der Waals surface area contributed by atoms with E-state index in [9.17, 15) is 34.5 Å². The molecule has 9 rings (SSSR count). The Morgan fingerprint density at radius 2 is 1.69 bits per heavy atom. The van der Waals surface area contributed by atoms with Crippen LogP contribution in [0, 0.1) is 5.41 Å². The summed E-state index contributed by atoms with van der Waals surface area (Å²) in [5.74, 6) is -3.18. The van der Waals surface area contributed by atoms with Crippen LogP contribution in [0.2, 0.25) is 0 Å². The van der Waals surface area contributed by atoms with Crippen molar-refractivity contribution in [1.82, 2.24) is 14.7 Å². The van der Waals surface area contributed by atoms with Crippen molar-refractivity contribution in [2.24, 2.45) is 5.41 Å². The summed E-state index contributed by atoms with van der Waals surface area (Å²) in [6, 6.07) is 4.34. The highest BCUT2D eigenvalue weighted by atomic mass is 16.7. The molecule has 16 heteroatoms. The van der Waals surface area contributed by atoms with E-state index < -0.39 is 83.1 Å². The van der Waals surface area contributed by atoms with E-state index in [4.69, 9.17) is 28.4 Å². The summed E-state index contributed by atoms with van der Waals surface area (Å²) >= 11 is 0. The minimum absolute atomic E-state index is 0.0101. The number of ether oxygens (including phenoxy) is 6. The fourth-order valence-corrected chi connectivity index (χ4v) is 9.88. The van der Waals surface area contributed by atoms with Crippen LogP contribution < -0.4 is 4.74 Å². The average Bonchev–Trinajstić information content (AvgIpc) is 3.49. The maximum atomic E-state index is 14.2. The number of nitrogens with zero attached hydrogens (tertiary/aromatic N) is 3. The number of amides is 2. The molecule has 5 heterocycles. The summed E-state index contributed by atoms with van der Waals surface area (Å²) in [4.78, 5) is 59.6. The lowest BCUT2D eigenvalue weighted by Crippen LogP contribution is -2.75. The minimum Gasteiger partial charge on any atom is -0.507 e. The second-order valence-electron chi connectivity index (χ2n) is 15.7. The zero-order valence-corrected chi connectivity index (χ0v) is 30.4. The number of phenols is 2. The van der Waals surface area contributed by atoms with E-state index in [1.54, 1.807) is 18.1 Å². The second-order valence-corrected chi connectivity index (χ2v) is 15.7. The topological polar surface area (TPSA) is 194 Å². The first kappa shape index (κ1) is 35.5. The molecule has 8 atom stereocenters. The van der Waals surface area contributed by atoms with Crippen LogP contribution in [0.4, 0.5) is 0 Å². The lowest BCUT2D eigenvalue weighted by Gasteiger charge is -2.61. The van der Waals surface area contributed by atoms with Gasteiger partial charge < -0.3 is 53.5 Å².